The summed E-state index contributed by atoms with van der Waals surface area (Å²) in [5.41, 5.74) is 0.647. The summed E-state index contributed by atoms with van der Waals surface area (Å²) in [5, 5.41) is 5.89. The molecule has 0 unspecified atom stereocenters. The number of fused-ring (bicyclic) bond motifs is 1. The van der Waals surface area contributed by atoms with Crippen LogP contribution in [0.4, 0.5) is 14.5 Å². The number of aromatic nitrogens is 1. The lowest BCUT2D eigenvalue weighted by Gasteiger charge is -2.27. The highest BCUT2D eigenvalue weighted by Crippen LogP contribution is 2.26. The van der Waals surface area contributed by atoms with Crippen molar-refractivity contribution in [3.8, 4) is 5.75 Å². The van der Waals surface area contributed by atoms with Crippen molar-refractivity contribution in [3.63, 3.8) is 0 Å². The highest BCUT2D eigenvalue weighted by Gasteiger charge is 2.32. The molecule has 182 valence electrons. The molecule has 3 amide bonds. The van der Waals surface area contributed by atoms with Crippen LogP contribution in [0.25, 0.3) is 10.9 Å². The lowest BCUT2D eigenvalue weighted by molar-refractivity contribution is -0.140. The van der Waals surface area contributed by atoms with Gasteiger partial charge < -0.3 is 10.1 Å². The van der Waals surface area contributed by atoms with Gasteiger partial charge in [-0.2, -0.15) is 0 Å². The minimum atomic E-state index is -0.875. The molecular weight excluding hydrogens is 458 g/mol. The van der Waals surface area contributed by atoms with Crippen LogP contribution < -0.4 is 10.1 Å². The van der Waals surface area contributed by atoms with Gasteiger partial charge in [0.25, 0.3) is 5.91 Å². The fraction of sp³-hybridized carbons (Fsp3) is 0.280. The number of carbonyl (C=O) groups is 3. The molecule has 1 aliphatic rings. The van der Waals surface area contributed by atoms with E-state index in [1.54, 1.807) is 12.1 Å². The van der Waals surface area contributed by atoms with Crippen molar-refractivity contribution in [1.82, 2.24) is 15.0 Å². The molecule has 0 saturated carbocycles. The van der Waals surface area contributed by atoms with Crippen LogP contribution in [-0.2, 0) is 9.59 Å². The van der Waals surface area contributed by atoms with Crippen molar-refractivity contribution < 1.29 is 27.9 Å². The molecule has 1 saturated heterocycles. The quantitative estimate of drug-likeness (QED) is 0.551. The van der Waals surface area contributed by atoms with E-state index in [0.29, 0.717) is 36.8 Å². The predicted molar refractivity (Wildman–Crippen MR) is 125 cm³/mol. The molecule has 2 aromatic carbocycles. The van der Waals surface area contributed by atoms with Crippen LogP contribution in [0.15, 0.2) is 48.5 Å². The monoisotopic (exact) mass is 482 g/mol. The molecule has 0 atom stereocenters. The first-order chi connectivity index (χ1) is 16.9. The molecule has 1 aliphatic heterocycles. The van der Waals surface area contributed by atoms with Crippen molar-refractivity contribution in [1.29, 1.82) is 0 Å². The van der Waals surface area contributed by atoms with Gasteiger partial charge in [-0.25, -0.2) is 18.8 Å². The number of nitrogens with zero attached hydrogens (tertiary/aromatic N) is 3. The average Bonchev–Trinajstić information content (AvgIpc) is 3.34. The molecule has 0 radical (unpaired) electrons. The summed E-state index contributed by atoms with van der Waals surface area (Å²) in [4.78, 5) is 42.6. The smallest absolute Gasteiger partial charge is 0.291 e. The topological polar surface area (TPSA) is 91.8 Å². The van der Waals surface area contributed by atoms with E-state index >= 15 is 0 Å². The Labute approximate surface area is 200 Å². The minimum Gasteiger partial charge on any atom is -0.496 e. The molecule has 1 aromatic heterocycles. The molecule has 1 fully saturated rings. The van der Waals surface area contributed by atoms with E-state index < -0.39 is 23.4 Å². The van der Waals surface area contributed by atoms with Crippen molar-refractivity contribution in [2.75, 3.05) is 25.5 Å². The number of ether oxygens (including phenoxy) is 1. The standard InChI is InChI=1S/C25H24F2N4O4/c1-35-22-15-21(28-19-7-3-2-6-17(19)22)25(34)31-13-5-12-30(31)24(33)9-4-8-23(32)29-20-11-10-16(26)14-18(20)27/h2-3,6-7,10-11,14-15H,4-5,8-9,12-13H2,1H3,(H,29,32). The van der Waals surface area contributed by atoms with Gasteiger partial charge in [0.1, 0.15) is 23.1 Å². The highest BCUT2D eigenvalue weighted by atomic mass is 19.1. The number of amides is 3. The number of hydrogen-bond acceptors (Lipinski definition) is 5. The summed E-state index contributed by atoms with van der Waals surface area (Å²) in [7, 11) is 1.52. The van der Waals surface area contributed by atoms with Crippen molar-refractivity contribution in [3.05, 3.63) is 65.9 Å². The number of nitrogens with one attached hydrogen (secondary N) is 1. The summed E-state index contributed by atoms with van der Waals surface area (Å²) in [6.45, 7) is 0.744. The molecule has 0 spiro atoms. The van der Waals surface area contributed by atoms with Crippen LogP contribution in [-0.4, -0.2) is 52.9 Å². The van der Waals surface area contributed by atoms with Crippen LogP contribution in [0.2, 0.25) is 0 Å². The maximum atomic E-state index is 13.7. The number of benzene rings is 2. The molecule has 8 nitrogen and oxygen atoms in total. The van der Waals surface area contributed by atoms with Crippen LogP contribution in [0, 0.1) is 11.6 Å². The largest absolute Gasteiger partial charge is 0.496 e. The van der Waals surface area contributed by atoms with E-state index in [9.17, 15) is 23.2 Å². The van der Waals surface area contributed by atoms with E-state index in [1.165, 1.54) is 17.1 Å². The third-order valence-corrected chi connectivity index (χ3v) is 5.67. The van der Waals surface area contributed by atoms with Gasteiger partial charge >= 0.3 is 0 Å². The maximum absolute atomic E-state index is 13.7. The molecule has 10 heteroatoms. The van der Waals surface area contributed by atoms with E-state index in [0.717, 1.165) is 17.5 Å². The summed E-state index contributed by atoms with van der Waals surface area (Å²) in [6.07, 6.45) is 0.811. The molecule has 2 heterocycles. The lowest BCUT2D eigenvalue weighted by Crippen LogP contribution is -2.45. The summed E-state index contributed by atoms with van der Waals surface area (Å²) in [6, 6.07) is 11.7. The second-order valence-corrected chi connectivity index (χ2v) is 8.05. The molecule has 4 rings (SSSR count). The second kappa shape index (κ2) is 10.5. The Morgan fingerprint density at radius 2 is 1.80 bits per heavy atom. The number of pyridine rings is 1. The number of rotatable bonds is 7. The number of halogens is 2. The van der Waals surface area contributed by atoms with Crippen LogP contribution in [0.1, 0.15) is 36.2 Å². The third-order valence-electron chi connectivity index (χ3n) is 5.67. The Bertz CT molecular complexity index is 1280. The van der Waals surface area contributed by atoms with E-state index in [-0.39, 0.29) is 36.6 Å². The zero-order chi connectivity index (χ0) is 24.9. The Balaban J connectivity index is 1.37. The van der Waals surface area contributed by atoms with Gasteiger partial charge in [0.05, 0.1) is 18.3 Å². The molecule has 1 N–H and O–H groups in total. The number of carbonyl (C=O) groups excluding carboxylic acids is 3. The minimum absolute atomic E-state index is 0.0254. The Morgan fingerprint density at radius 3 is 2.57 bits per heavy atom. The SMILES string of the molecule is COc1cc(C(=O)N2CCCN2C(=O)CCCC(=O)Nc2ccc(F)cc2F)nc2ccccc12. The van der Waals surface area contributed by atoms with Crippen LogP contribution >= 0.6 is 0 Å². The van der Waals surface area contributed by atoms with Gasteiger partial charge in [0.15, 0.2) is 0 Å². The normalized spacial score (nSPS) is 13.2. The molecule has 0 bridgehead atoms. The van der Waals surface area contributed by atoms with Gasteiger partial charge in [0.2, 0.25) is 11.8 Å². The lowest BCUT2D eigenvalue weighted by atomic mass is 10.1. The first kappa shape index (κ1) is 24.1. The molecule has 35 heavy (non-hydrogen) atoms. The summed E-state index contributed by atoms with van der Waals surface area (Å²) >= 11 is 0. The number of anilines is 1. The molecule has 0 aliphatic carbocycles. The Morgan fingerprint density at radius 1 is 1.03 bits per heavy atom. The van der Waals surface area contributed by atoms with Gasteiger partial charge in [-0.15, -0.1) is 0 Å². The van der Waals surface area contributed by atoms with Crippen molar-refractivity contribution in [2.24, 2.45) is 0 Å². The van der Waals surface area contributed by atoms with E-state index in [4.69, 9.17) is 4.74 Å². The van der Waals surface area contributed by atoms with E-state index in [1.807, 2.05) is 18.2 Å². The maximum Gasteiger partial charge on any atom is 0.291 e. The first-order valence-electron chi connectivity index (χ1n) is 11.2. The van der Waals surface area contributed by atoms with Crippen molar-refractivity contribution in [2.45, 2.75) is 25.7 Å². The fourth-order valence-corrected chi connectivity index (χ4v) is 3.97. The Hall–Kier alpha value is -4.08. The molecule has 3 aromatic rings. The first-order valence-corrected chi connectivity index (χ1v) is 11.2. The Kier molecular flexibility index (Phi) is 7.19. The van der Waals surface area contributed by atoms with Crippen LogP contribution in [0.5, 0.6) is 5.75 Å². The number of methoxy groups -OCH3 is 1. The van der Waals surface area contributed by atoms with Gasteiger partial charge in [0, 0.05) is 43.5 Å². The molecular formula is C25H24F2N4O4. The number of para-hydroxylation sites is 1. The zero-order valence-electron chi connectivity index (χ0n) is 19.1. The summed E-state index contributed by atoms with van der Waals surface area (Å²) in [5.74, 6) is -2.31. The zero-order valence-corrected chi connectivity index (χ0v) is 19.1. The number of hydrogen-bond donors (Lipinski definition) is 1. The van der Waals surface area contributed by atoms with Gasteiger partial charge in [-0.3, -0.25) is 19.4 Å². The van der Waals surface area contributed by atoms with E-state index in [2.05, 4.69) is 10.3 Å². The predicted octanol–water partition coefficient (Wildman–Crippen LogP) is 3.92. The highest BCUT2D eigenvalue weighted by molar-refractivity contribution is 5.98. The number of hydrazine groups is 1. The third kappa shape index (κ3) is 5.37. The van der Waals surface area contributed by atoms with Crippen molar-refractivity contribution >= 4 is 34.3 Å². The van der Waals surface area contributed by atoms with Gasteiger partial charge in [-0.05, 0) is 37.1 Å². The van der Waals surface area contributed by atoms with Crippen LogP contribution in [0.3, 0.4) is 0 Å². The summed E-state index contributed by atoms with van der Waals surface area (Å²) < 4.78 is 32.1. The fourth-order valence-electron chi connectivity index (χ4n) is 3.97. The van der Waals surface area contributed by atoms with Gasteiger partial charge in [-0.1, -0.05) is 12.1 Å². The second-order valence-electron chi connectivity index (χ2n) is 8.05. The average molecular weight is 482 g/mol.